The van der Waals surface area contributed by atoms with Gasteiger partial charge in [0.2, 0.25) is 23.6 Å². The molecule has 0 radical (unpaired) electrons. The minimum absolute atomic E-state index is 0.0127. The van der Waals surface area contributed by atoms with Crippen LogP contribution in [0.25, 0.3) is 0 Å². The fourth-order valence-corrected chi connectivity index (χ4v) is 10.8. The van der Waals surface area contributed by atoms with Gasteiger partial charge in [0.05, 0.1) is 13.2 Å². The molecule has 3 aliphatic rings. The third-order valence-corrected chi connectivity index (χ3v) is 14.4. The number of nitrogens with one attached hydrogen (secondary N) is 4. The van der Waals surface area contributed by atoms with Crippen LogP contribution in [0, 0.1) is 46.3 Å². The van der Waals surface area contributed by atoms with E-state index < -0.39 is 29.8 Å². The van der Waals surface area contributed by atoms with Crippen molar-refractivity contribution in [2.45, 2.75) is 158 Å². The Bertz CT molecular complexity index is 1510. The summed E-state index contributed by atoms with van der Waals surface area (Å²) >= 11 is 0. The summed E-state index contributed by atoms with van der Waals surface area (Å²) in [5, 5.41) is 19.9. The summed E-state index contributed by atoms with van der Waals surface area (Å²) in [7, 11) is 0. The topological polar surface area (TPSA) is 146 Å². The second-order valence-electron chi connectivity index (χ2n) is 18.6. The summed E-state index contributed by atoms with van der Waals surface area (Å²) in [5.74, 6) is 3.37. The lowest BCUT2D eigenvalue weighted by Gasteiger charge is -2.57. The number of ether oxygens (including phenoxy) is 1. The maximum absolute atomic E-state index is 12.6. The summed E-state index contributed by atoms with van der Waals surface area (Å²) in [6, 6.07) is 5.00. The molecule has 0 aliphatic heterocycles. The molecular weight excluding hydrogens is 717 g/mol. The summed E-state index contributed by atoms with van der Waals surface area (Å²) in [6.07, 6.45) is 16.3. The van der Waals surface area contributed by atoms with Crippen LogP contribution in [-0.4, -0.2) is 60.6 Å². The fourth-order valence-electron chi connectivity index (χ4n) is 10.8. The van der Waals surface area contributed by atoms with Crippen LogP contribution >= 0.6 is 0 Å². The molecule has 0 saturated heterocycles. The highest BCUT2D eigenvalue weighted by molar-refractivity contribution is 5.98. The van der Waals surface area contributed by atoms with Gasteiger partial charge >= 0.3 is 0 Å². The van der Waals surface area contributed by atoms with Crippen LogP contribution < -0.4 is 21.3 Å². The van der Waals surface area contributed by atoms with Crippen LogP contribution in [-0.2, 0) is 30.5 Å². The van der Waals surface area contributed by atoms with E-state index in [1.807, 2.05) is 0 Å². The molecule has 10 heteroatoms. The maximum Gasteiger partial charge on any atom is 0.246 e. The highest BCUT2D eigenvalue weighted by atomic mass is 16.5. The number of fused-ring (bicyclic) bond motifs is 3. The lowest BCUT2D eigenvalue weighted by atomic mass is 9.48. The Morgan fingerprint density at radius 2 is 1.54 bits per heavy atom. The van der Waals surface area contributed by atoms with E-state index in [1.165, 1.54) is 64.7 Å². The summed E-state index contributed by atoms with van der Waals surface area (Å²) in [6.45, 7) is 19.6. The maximum atomic E-state index is 12.6. The Kier molecular flexibility index (Phi) is 17.7. The van der Waals surface area contributed by atoms with Gasteiger partial charge in [-0.05, 0) is 129 Å². The van der Waals surface area contributed by atoms with Gasteiger partial charge in [-0.15, -0.1) is 0 Å². The molecule has 9 atom stereocenters. The molecule has 5 N–H and O–H groups in total. The molecule has 2 fully saturated rings. The first-order chi connectivity index (χ1) is 27.1. The molecule has 0 bridgehead atoms. The fraction of sp³-hybridized carbons (Fsp3) is 0.745. The van der Waals surface area contributed by atoms with E-state index in [9.17, 15) is 24.3 Å². The number of anilines is 1. The van der Waals surface area contributed by atoms with Crippen LogP contribution in [0.5, 0.6) is 0 Å². The molecule has 0 heterocycles. The number of carbonyl (C=O) groups is 4. The Morgan fingerprint density at radius 3 is 2.23 bits per heavy atom. The van der Waals surface area contributed by atoms with Gasteiger partial charge in [0.1, 0.15) is 12.1 Å². The van der Waals surface area contributed by atoms with Gasteiger partial charge in [-0.25, -0.2) is 0 Å². The van der Waals surface area contributed by atoms with Crippen LogP contribution in [0.1, 0.15) is 144 Å². The number of amides is 4. The zero-order valence-electron chi connectivity index (χ0n) is 36.5. The molecule has 4 rings (SSSR count). The van der Waals surface area contributed by atoms with E-state index >= 15 is 0 Å². The van der Waals surface area contributed by atoms with Crippen LogP contribution in [0.2, 0.25) is 0 Å². The SMILES string of the molecule is CCC1(C)C(CCOCCCNC(=O)CCC(=O)NC(C)C(=O)NC(C)C(=O)Nc2ccc(CO)cc2)=CCC2C1CCC1(C)C(C(C)CCCC(C)C)CCC21. The summed E-state index contributed by atoms with van der Waals surface area (Å²) < 4.78 is 6.08. The second-order valence-corrected chi connectivity index (χ2v) is 18.6. The van der Waals surface area contributed by atoms with Crippen molar-refractivity contribution in [2.24, 2.45) is 46.3 Å². The van der Waals surface area contributed by atoms with E-state index in [2.05, 4.69) is 68.9 Å². The van der Waals surface area contributed by atoms with Crippen molar-refractivity contribution < 1.29 is 29.0 Å². The quantitative estimate of drug-likeness (QED) is 0.0593. The molecule has 4 amide bonds. The van der Waals surface area contributed by atoms with Gasteiger partial charge in [-0.1, -0.05) is 84.6 Å². The molecule has 0 aromatic heterocycles. The van der Waals surface area contributed by atoms with E-state index in [1.54, 1.807) is 36.8 Å². The molecule has 320 valence electrons. The zero-order valence-corrected chi connectivity index (χ0v) is 36.5. The van der Waals surface area contributed by atoms with Crippen LogP contribution in [0.3, 0.4) is 0 Å². The predicted octanol–water partition coefficient (Wildman–Crippen LogP) is 8.09. The largest absolute Gasteiger partial charge is 0.392 e. The number of hydrogen-bond acceptors (Lipinski definition) is 6. The number of carbonyl (C=O) groups excluding carboxylic acids is 4. The first kappa shape index (κ1) is 46.4. The molecular formula is C47H76N4O6. The Labute approximate surface area is 343 Å². The third-order valence-electron chi connectivity index (χ3n) is 14.4. The molecule has 3 aliphatic carbocycles. The average Bonchev–Trinajstić information content (AvgIpc) is 3.54. The molecule has 10 nitrogen and oxygen atoms in total. The first-order valence-corrected chi connectivity index (χ1v) is 22.3. The number of aliphatic hydroxyl groups is 1. The van der Waals surface area contributed by atoms with Crippen molar-refractivity contribution in [1.29, 1.82) is 0 Å². The lowest BCUT2D eigenvalue weighted by Crippen LogP contribution is -2.50. The predicted molar refractivity (Wildman–Crippen MR) is 228 cm³/mol. The van der Waals surface area contributed by atoms with Gasteiger partial charge < -0.3 is 31.1 Å². The average molecular weight is 793 g/mol. The Balaban J connectivity index is 1.10. The first-order valence-electron chi connectivity index (χ1n) is 22.3. The second kappa shape index (κ2) is 21.7. The molecule has 0 spiro atoms. The van der Waals surface area contributed by atoms with Crippen LogP contribution in [0.4, 0.5) is 5.69 Å². The van der Waals surface area contributed by atoms with Crippen molar-refractivity contribution in [3.63, 3.8) is 0 Å². The van der Waals surface area contributed by atoms with Crippen molar-refractivity contribution in [1.82, 2.24) is 16.0 Å². The zero-order chi connectivity index (χ0) is 41.8. The minimum atomic E-state index is -0.880. The minimum Gasteiger partial charge on any atom is -0.392 e. The highest BCUT2D eigenvalue weighted by Crippen LogP contribution is 2.66. The normalized spacial score (nSPS) is 27.0. The van der Waals surface area contributed by atoms with E-state index in [-0.39, 0.29) is 30.8 Å². The highest BCUT2D eigenvalue weighted by Gasteiger charge is 2.58. The smallest absolute Gasteiger partial charge is 0.246 e. The summed E-state index contributed by atoms with van der Waals surface area (Å²) in [4.78, 5) is 50.0. The molecule has 1 aromatic carbocycles. The number of rotatable bonds is 22. The van der Waals surface area contributed by atoms with E-state index in [0.29, 0.717) is 37.3 Å². The standard InChI is InChI=1S/C47H76N4O6/c1-9-46(7)36(16-19-38-40-21-20-39(32(4)13-10-12-31(2)3)47(40,8)26-24-41(38)46)25-29-57-28-11-27-48-42(53)22-23-43(54)49-33(5)44(55)50-34(6)45(56)51-37-17-14-35(30-52)15-18-37/h14-18,31-34,38-41,52H,9-13,19-30H2,1-8H3,(H,48,53)(H,49,54)(H,50,55)(H,51,56). The van der Waals surface area contributed by atoms with Gasteiger partial charge in [-0.2, -0.15) is 0 Å². The molecule has 57 heavy (non-hydrogen) atoms. The van der Waals surface area contributed by atoms with Gasteiger partial charge in [0.25, 0.3) is 0 Å². The van der Waals surface area contributed by atoms with Gasteiger partial charge in [-0.3, -0.25) is 19.2 Å². The Morgan fingerprint density at radius 1 is 0.842 bits per heavy atom. The molecule has 1 aromatic rings. The van der Waals surface area contributed by atoms with E-state index in [0.717, 1.165) is 47.5 Å². The summed E-state index contributed by atoms with van der Waals surface area (Å²) in [5.41, 5.74) is 3.58. The van der Waals surface area contributed by atoms with Crippen molar-refractivity contribution >= 4 is 29.3 Å². The van der Waals surface area contributed by atoms with Crippen molar-refractivity contribution in [3.8, 4) is 0 Å². The van der Waals surface area contributed by atoms with Gasteiger partial charge in [0.15, 0.2) is 0 Å². The number of allylic oxidation sites excluding steroid dienone is 1. The van der Waals surface area contributed by atoms with Crippen molar-refractivity contribution in [2.75, 3.05) is 25.1 Å². The number of benzene rings is 1. The Hall–Kier alpha value is -3.24. The third kappa shape index (κ3) is 12.4. The number of aliphatic hydroxyl groups excluding tert-OH is 1. The monoisotopic (exact) mass is 793 g/mol. The van der Waals surface area contributed by atoms with Gasteiger partial charge in [0, 0.05) is 31.7 Å². The molecule has 2 saturated carbocycles. The molecule has 9 unspecified atom stereocenters. The lowest BCUT2D eigenvalue weighted by molar-refractivity contribution is -0.131. The number of hydrogen-bond donors (Lipinski definition) is 5. The van der Waals surface area contributed by atoms with Crippen molar-refractivity contribution in [3.05, 3.63) is 41.5 Å². The van der Waals surface area contributed by atoms with Crippen LogP contribution in [0.15, 0.2) is 35.9 Å². The van der Waals surface area contributed by atoms with E-state index in [4.69, 9.17) is 4.74 Å².